The van der Waals surface area contributed by atoms with E-state index in [0.717, 1.165) is 28.0 Å². The van der Waals surface area contributed by atoms with E-state index in [1.165, 1.54) is 0 Å². The number of aliphatic hydroxyl groups is 1. The van der Waals surface area contributed by atoms with E-state index in [4.69, 9.17) is 0 Å². The lowest BCUT2D eigenvalue weighted by molar-refractivity contribution is 0.136. The smallest absolute Gasteiger partial charge is 0.141 e. The minimum absolute atomic E-state index is 0.0790. The maximum Gasteiger partial charge on any atom is 0.141 e. The molecule has 0 aliphatic rings. The van der Waals surface area contributed by atoms with Gasteiger partial charge in [0.15, 0.2) is 0 Å². The topological polar surface area (TPSA) is 92.0 Å². The van der Waals surface area contributed by atoms with Gasteiger partial charge in [-0.15, -0.1) is 0 Å². The predicted octanol–water partition coefficient (Wildman–Crippen LogP) is 3.46. The Morgan fingerprint density at radius 3 is 2.72 bits per heavy atom. The fourth-order valence-corrected chi connectivity index (χ4v) is 3.31. The molecule has 0 saturated carbocycles. The molecule has 7 nitrogen and oxygen atoms in total. The van der Waals surface area contributed by atoms with Gasteiger partial charge in [0.25, 0.3) is 0 Å². The first-order valence-corrected chi connectivity index (χ1v) is 9.39. The van der Waals surface area contributed by atoms with E-state index in [1.807, 2.05) is 66.6 Å². The summed E-state index contributed by atoms with van der Waals surface area (Å²) in [6.45, 7) is 6.61. The SMILES string of the molecule is Cc1cn2ccc(-c3nc(C#N)ccc3-c3cnn(CC(C)(C)CO)c3)cc2n1. The van der Waals surface area contributed by atoms with Crippen LogP contribution in [0.4, 0.5) is 0 Å². The lowest BCUT2D eigenvalue weighted by Gasteiger charge is -2.21. The van der Waals surface area contributed by atoms with Gasteiger partial charge in [0.1, 0.15) is 17.4 Å². The van der Waals surface area contributed by atoms with Gasteiger partial charge in [-0.25, -0.2) is 9.97 Å². The number of aliphatic hydroxyl groups excluding tert-OH is 1. The van der Waals surface area contributed by atoms with Crippen LogP contribution in [-0.2, 0) is 6.54 Å². The van der Waals surface area contributed by atoms with Crippen molar-refractivity contribution in [1.82, 2.24) is 24.1 Å². The van der Waals surface area contributed by atoms with Gasteiger partial charge in [0, 0.05) is 53.8 Å². The van der Waals surface area contributed by atoms with Crippen LogP contribution in [0.2, 0.25) is 0 Å². The molecular formula is C22H22N6O. The van der Waals surface area contributed by atoms with E-state index in [0.29, 0.717) is 17.9 Å². The average molecular weight is 386 g/mol. The highest BCUT2D eigenvalue weighted by Crippen LogP contribution is 2.31. The van der Waals surface area contributed by atoms with E-state index in [-0.39, 0.29) is 12.0 Å². The second-order valence-electron chi connectivity index (χ2n) is 8.02. The summed E-state index contributed by atoms with van der Waals surface area (Å²) in [5.41, 5.74) is 5.27. The van der Waals surface area contributed by atoms with Gasteiger partial charge in [0.05, 0.1) is 17.6 Å². The molecule has 0 radical (unpaired) electrons. The molecule has 4 aromatic heterocycles. The minimum Gasteiger partial charge on any atom is -0.396 e. The predicted molar refractivity (Wildman–Crippen MR) is 110 cm³/mol. The van der Waals surface area contributed by atoms with Gasteiger partial charge in [-0.05, 0) is 31.2 Å². The molecule has 7 heteroatoms. The normalized spacial score (nSPS) is 11.7. The molecule has 1 N–H and O–H groups in total. The van der Waals surface area contributed by atoms with Crippen LogP contribution in [0, 0.1) is 23.7 Å². The Morgan fingerprint density at radius 2 is 1.97 bits per heavy atom. The van der Waals surface area contributed by atoms with Crippen molar-refractivity contribution in [3.8, 4) is 28.5 Å². The second-order valence-corrected chi connectivity index (χ2v) is 8.02. The van der Waals surface area contributed by atoms with E-state index in [9.17, 15) is 10.4 Å². The molecular weight excluding hydrogens is 364 g/mol. The number of hydrogen-bond acceptors (Lipinski definition) is 5. The molecule has 0 fully saturated rings. The molecule has 0 spiro atoms. The largest absolute Gasteiger partial charge is 0.396 e. The molecule has 0 aliphatic carbocycles. The summed E-state index contributed by atoms with van der Waals surface area (Å²) in [6.07, 6.45) is 7.65. The van der Waals surface area contributed by atoms with E-state index in [2.05, 4.69) is 21.1 Å². The highest BCUT2D eigenvalue weighted by Gasteiger charge is 2.19. The lowest BCUT2D eigenvalue weighted by atomic mass is 9.95. The zero-order chi connectivity index (χ0) is 20.6. The van der Waals surface area contributed by atoms with Crippen molar-refractivity contribution in [2.45, 2.75) is 27.3 Å². The number of nitrogens with zero attached hydrogens (tertiary/aromatic N) is 6. The molecule has 0 aliphatic heterocycles. The minimum atomic E-state index is -0.265. The number of nitriles is 1. The number of pyridine rings is 2. The summed E-state index contributed by atoms with van der Waals surface area (Å²) in [7, 11) is 0. The molecule has 146 valence electrons. The average Bonchev–Trinajstić information content (AvgIpc) is 3.31. The third-order valence-electron chi connectivity index (χ3n) is 4.83. The molecule has 0 unspecified atom stereocenters. The van der Waals surface area contributed by atoms with Gasteiger partial charge in [-0.2, -0.15) is 10.4 Å². The first kappa shape index (κ1) is 18.8. The molecule has 0 saturated heterocycles. The van der Waals surface area contributed by atoms with Gasteiger partial charge >= 0.3 is 0 Å². The highest BCUT2D eigenvalue weighted by molar-refractivity contribution is 5.81. The molecule has 0 atom stereocenters. The summed E-state index contributed by atoms with van der Waals surface area (Å²) >= 11 is 0. The molecule has 0 aromatic carbocycles. The van der Waals surface area contributed by atoms with Crippen molar-refractivity contribution in [3.05, 3.63) is 60.4 Å². The maximum absolute atomic E-state index is 9.53. The van der Waals surface area contributed by atoms with E-state index in [1.54, 1.807) is 12.3 Å². The monoisotopic (exact) mass is 386 g/mol. The zero-order valence-electron chi connectivity index (χ0n) is 16.7. The van der Waals surface area contributed by atoms with Crippen LogP contribution < -0.4 is 0 Å². The van der Waals surface area contributed by atoms with Gasteiger partial charge < -0.3 is 9.51 Å². The number of aryl methyl sites for hydroxylation is 1. The first-order valence-electron chi connectivity index (χ1n) is 9.39. The Labute approximate surface area is 168 Å². The van der Waals surface area contributed by atoms with Gasteiger partial charge in [0.2, 0.25) is 0 Å². The Bertz CT molecular complexity index is 1230. The van der Waals surface area contributed by atoms with Crippen molar-refractivity contribution in [1.29, 1.82) is 5.26 Å². The molecule has 0 amide bonds. The third kappa shape index (κ3) is 3.75. The highest BCUT2D eigenvalue weighted by atomic mass is 16.3. The Hall–Kier alpha value is -3.50. The summed E-state index contributed by atoms with van der Waals surface area (Å²) in [6, 6.07) is 9.68. The van der Waals surface area contributed by atoms with Crippen molar-refractivity contribution in [3.63, 3.8) is 0 Å². The van der Waals surface area contributed by atoms with Crippen LogP contribution >= 0.6 is 0 Å². The Balaban J connectivity index is 1.80. The number of rotatable bonds is 5. The lowest BCUT2D eigenvalue weighted by Crippen LogP contribution is -2.23. The Morgan fingerprint density at radius 1 is 1.14 bits per heavy atom. The summed E-state index contributed by atoms with van der Waals surface area (Å²) < 4.78 is 3.79. The van der Waals surface area contributed by atoms with Gasteiger partial charge in [-0.1, -0.05) is 13.8 Å². The molecule has 0 bridgehead atoms. The fraction of sp³-hybridized carbons (Fsp3) is 0.273. The molecule has 29 heavy (non-hydrogen) atoms. The maximum atomic E-state index is 9.53. The third-order valence-corrected chi connectivity index (χ3v) is 4.83. The van der Waals surface area contributed by atoms with Crippen LogP contribution in [0.15, 0.2) is 49.1 Å². The van der Waals surface area contributed by atoms with E-state index >= 15 is 0 Å². The molecule has 4 aromatic rings. The zero-order valence-corrected chi connectivity index (χ0v) is 16.7. The van der Waals surface area contributed by atoms with Crippen LogP contribution in [0.5, 0.6) is 0 Å². The summed E-state index contributed by atoms with van der Waals surface area (Å²) in [4.78, 5) is 9.10. The van der Waals surface area contributed by atoms with Crippen LogP contribution in [0.1, 0.15) is 25.2 Å². The number of hydrogen-bond donors (Lipinski definition) is 1. The standard InChI is InChI=1S/C22H22N6O/c1-15-11-27-7-6-16(8-20(27)25-15)21-19(5-4-18(9-23)26-21)17-10-24-28(12-17)13-22(2,3)14-29/h4-8,10-12,29H,13-14H2,1-3H3. The van der Waals surface area contributed by atoms with E-state index < -0.39 is 0 Å². The summed E-state index contributed by atoms with van der Waals surface area (Å²) in [5.74, 6) is 0. The molecule has 4 heterocycles. The van der Waals surface area contributed by atoms with Gasteiger partial charge in [-0.3, -0.25) is 4.68 Å². The number of aromatic nitrogens is 5. The quantitative estimate of drug-likeness (QED) is 0.567. The van der Waals surface area contributed by atoms with Crippen LogP contribution in [0.25, 0.3) is 28.0 Å². The van der Waals surface area contributed by atoms with Crippen molar-refractivity contribution >= 4 is 5.65 Å². The summed E-state index contributed by atoms with van der Waals surface area (Å²) in [5, 5.41) is 23.3. The number of imidazole rings is 1. The molecule has 4 rings (SSSR count). The van der Waals surface area contributed by atoms with Crippen molar-refractivity contribution in [2.75, 3.05) is 6.61 Å². The van der Waals surface area contributed by atoms with Crippen LogP contribution in [0.3, 0.4) is 0 Å². The number of fused-ring (bicyclic) bond motifs is 1. The van der Waals surface area contributed by atoms with Crippen molar-refractivity contribution in [2.24, 2.45) is 5.41 Å². The van der Waals surface area contributed by atoms with Crippen molar-refractivity contribution < 1.29 is 5.11 Å². The van der Waals surface area contributed by atoms with Crippen LogP contribution in [-0.4, -0.2) is 35.9 Å². The first-order chi connectivity index (χ1) is 13.9. The second kappa shape index (κ2) is 7.15. The fourth-order valence-electron chi connectivity index (χ4n) is 3.31. The Kier molecular flexibility index (Phi) is 4.65.